The summed E-state index contributed by atoms with van der Waals surface area (Å²) in [6.45, 7) is 4.85. The van der Waals surface area contributed by atoms with E-state index >= 15 is 0 Å². The molecule has 0 aliphatic carbocycles. The van der Waals surface area contributed by atoms with Gasteiger partial charge in [-0.1, -0.05) is 30.3 Å². The zero-order chi connectivity index (χ0) is 17.3. The highest BCUT2D eigenvalue weighted by Crippen LogP contribution is 2.40. The summed E-state index contributed by atoms with van der Waals surface area (Å²) in [5.41, 5.74) is 2.93. The molecule has 126 valence electrons. The normalized spacial score (nSPS) is 20.6. The summed E-state index contributed by atoms with van der Waals surface area (Å²) in [5.74, 6) is 1.38. The second-order valence-corrected chi connectivity index (χ2v) is 6.17. The lowest BCUT2D eigenvalue weighted by atomic mass is 9.87. The molecule has 2 unspecified atom stereocenters. The van der Waals surface area contributed by atoms with E-state index in [9.17, 15) is 4.79 Å². The number of benzene rings is 2. The van der Waals surface area contributed by atoms with E-state index in [1.54, 1.807) is 14.2 Å². The number of carbonyl (C=O) groups excluding carboxylic acids is 1. The number of ketones is 1. The van der Waals surface area contributed by atoms with E-state index in [2.05, 4.69) is 24.0 Å². The first-order valence-corrected chi connectivity index (χ1v) is 8.16. The van der Waals surface area contributed by atoms with Gasteiger partial charge in [0, 0.05) is 18.2 Å². The van der Waals surface area contributed by atoms with E-state index in [1.807, 2.05) is 37.3 Å². The van der Waals surface area contributed by atoms with Crippen LogP contribution in [0.2, 0.25) is 0 Å². The van der Waals surface area contributed by atoms with E-state index in [1.165, 1.54) is 5.56 Å². The minimum Gasteiger partial charge on any atom is -0.493 e. The third-order valence-electron chi connectivity index (χ3n) is 4.85. The molecule has 0 bridgehead atoms. The number of fused-ring (bicyclic) bond motifs is 1. The molecule has 0 spiro atoms. The van der Waals surface area contributed by atoms with E-state index in [0.29, 0.717) is 11.5 Å². The monoisotopic (exact) mass is 325 g/mol. The highest BCUT2D eigenvalue weighted by molar-refractivity contribution is 6.03. The van der Waals surface area contributed by atoms with Crippen LogP contribution in [0.1, 0.15) is 41.4 Å². The van der Waals surface area contributed by atoms with Crippen LogP contribution in [0, 0.1) is 0 Å². The smallest absolute Gasteiger partial charge is 0.180 e. The van der Waals surface area contributed by atoms with Gasteiger partial charge in [0.1, 0.15) is 0 Å². The van der Waals surface area contributed by atoms with Crippen molar-refractivity contribution in [3.8, 4) is 11.5 Å². The number of rotatable bonds is 4. The Morgan fingerprint density at radius 1 is 0.958 bits per heavy atom. The van der Waals surface area contributed by atoms with Crippen molar-refractivity contribution in [3.63, 3.8) is 0 Å². The van der Waals surface area contributed by atoms with Crippen molar-refractivity contribution in [1.29, 1.82) is 0 Å². The molecule has 1 heterocycles. The lowest BCUT2D eigenvalue weighted by Gasteiger charge is -2.39. The molecule has 0 fully saturated rings. The van der Waals surface area contributed by atoms with Crippen LogP contribution in [0.3, 0.4) is 0 Å². The van der Waals surface area contributed by atoms with Gasteiger partial charge in [-0.2, -0.15) is 0 Å². The summed E-state index contributed by atoms with van der Waals surface area (Å²) >= 11 is 0. The SMILES string of the molecule is COc1cc2c(cc1OC)C(C)N(Cc1ccccc1)C(C)C2=O. The number of methoxy groups -OCH3 is 2. The number of carbonyl (C=O) groups is 1. The molecule has 24 heavy (non-hydrogen) atoms. The van der Waals surface area contributed by atoms with Crippen LogP contribution < -0.4 is 9.47 Å². The standard InChI is InChI=1S/C20H23NO3/c1-13-16-10-18(23-3)19(24-4)11-17(16)20(22)14(2)21(13)12-15-8-6-5-7-9-15/h5-11,13-14H,12H2,1-4H3. The summed E-state index contributed by atoms with van der Waals surface area (Å²) in [6, 6.07) is 13.9. The fourth-order valence-corrected chi connectivity index (χ4v) is 3.41. The van der Waals surface area contributed by atoms with Gasteiger partial charge >= 0.3 is 0 Å². The molecule has 1 aliphatic heterocycles. The van der Waals surface area contributed by atoms with Crippen LogP contribution in [-0.2, 0) is 6.54 Å². The van der Waals surface area contributed by atoms with E-state index in [4.69, 9.17) is 9.47 Å². The average molecular weight is 325 g/mol. The lowest BCUT2D eigenvalue weighted by Crippen LogP contribution is -2.44. The van der Waals surface area contributed by atoms with Gasteiger partial charge in [0.05, 0.1) is 20.3 Å². The van der Waals surface area contributed by atoms with Crippen LogP contribution in [0.15, 0.2) is 42.5 Å². The summed E-state index contributed by atoms with van der Waals surface area (Å²) in [4.78, 5) is 15.1. The van der Waals surface area contributed by atoms with Crippen LogP contribution in [0.5, 0.6) is 11.5 Å². The average Bonchev–Trinajstić information content (AvgIpc) is 2.63. The van der Waals surface area contributed by atoms with Crippen molar-refractivity contribution in [2.75, 3.05) is 14.2 Å². The Morgan fingerprint density at radius 3 is 2.21 bits per heavy atom. The minimum absolute atomic E-state index is 0.118. The first kappa shape index (κ1) is 16.5. The molecule has 0 radical (unpaired) electrons. The van der Waals surface area contributed by atoms with Gasteiger partial charge < -0.3 is 9.47 Å². The molecule has 0 amide bonds. The van der Waals surface area contributed by atoms with Crippen molar-refractivity contribution in [3.05, 3.63) is 59.2 Å². The van der Waals surface area contributed by atoms with Crippen LogP contribution in [0.25, 0.3) is 0 Å². The number of ether oxygens (including phenoxy) is 2. The third-order valence-corrected chi connectivity index (χ3v) is 4.85. The third kappa shape index (κ3) is 2.78. The quantitative estimate of drug-likeness (QED) is 0.856. The van der Waals surface area contributed by atoms with Gasteiger partial charge in [-0.3, -0.25) is 9.69 Å². The van der Waals surface area contributed by atoms with Crippen molar-refractivity contribution >= 4 is 5.78 Å². The van der Waals surface area contributed by atoms with Gasteiger partial charge in [-0.05, 0) is 37.1 Å². The van der Waals surface area contributed by atoms with E-state index < -0.39 is 0 Å². The molecule has 1 aliphatic rings. The van der Waals surface area contributed by atoms with Gasteiger partial charge in [0.25, 0.3) is 0 Å². The van der Waals surface area contributed by atoms with E-state index in [-0.39, 0.29) is 17.9 Å². The molecule has 3 rings (SSSR count). The predicted octanol–water partition coefficient (Wildman–Crippen LogP) is 3.85. The summed E-state index contributed by atoms with van der Waals surface area (Å²) in [5, 5.41) is 0. The highest BCUT2D eigenvalue weighted by atomic mass is 16.5. The molecule has 0 aromatic heterocycles. The highest BCUT2D eigenvalue weighted by Gasteiger charge is 2.36. The zero-order valence-corrected chi connectivity index (χ0v) is 14.6. The summed E-state index contributed by atoms with van der Waals surface area (Å²) in [6.07, 6.45) is 0. The molecule has 0 saturated heterocycles. The first-order chi connectivity index (χ1) is 11.6. The van der Waals surface area contributed by atoms with Crippen molar-refractivity contribution in [1.82, 2.24) is 4.90 Å². The van der Waals surface area contributed by atoms with Crippen molar-refractivity contribution in [2.24, 2.45) is 0 Å². The van der Waals surface area contributed by atoms with Crippen LogP contribution in [-0.4, -0.2) is 30.9 Å². The Bertz CT molecular complexity index is 742. The maximum atomic E-state index is 12.9. The number of hydrogen-bond acceptors (Lipinski definition) is 4. The second-order valence-electron chi connectivity index (χ2n) is 6.17. The number of Topliss-reactive ketones (excluding diaryl/α,β-unsaturated/α-hetero) is 1. The summed E-state index contributed by atoms with van der Waals surface area (Å²) < 4.78 is 10.8. The first-order valence-electron chi connectivity index (χ1n) is 8.16. The Kier molecular flexibility index (Phi) is 4.58. The molecule has 0 N–H and O–H groups in total. The molecular weight excluding hydrogens is 302 g/mol. The molecule has 4 nitrogen and oxygen atoms in total. The van der Waals surface area contributed by atoms with Crippen molar-refractivity contribution < 1.29 is 14.3 Å². The second kappa shape index (κ2) is 6.65. The Morgan fingerprint density at radius 2 is 1.58 bits per heavy atom. The van der Waals surface area contributed by atoms with Crippen LogP contribution >= 0.6 is 0 Å². The number of nitrogens with zero attached hydrogens (tertiary/aromatic N) is 1. The molecule has 4 heteroatoms. The van der Waals surface area contributed by atoms with Crippen molar-refractivity contribution in [2.45, 2.75) is 32.5 Å². The van der Waals surface area contributed by atoms with Gasteiger partial charge in [0.2, 0.25) is 0 Å². The Hall–Kier alpha value is -2.33. The summed E-state index contributed by atoms with van der Waals surface area (Å²) in [7, 11) is 3.20. The maximum Gasteiger partial charge on any atom is 0.180 e. The van der Waals surface area contributed by atoms with Gasteiger partial charge in [0.15, 0.2) is 17.3 Å². The minimum atomic E-state index is -0.175. The maximum absolute atomic E-state index is 12.9. The fraction of sp³-hybridized carbons (Fsp3) is 0.350. The van der Waals surface area contributed by atoms with Crippen LogP contribution in [0.4, 0.5) is 0 Å². The molecule has 2 atom stereocenters. The Labute approximate surface area is 143 Å². The van der Waals surface area contributed by atoms with Gasteiger partial charge in [-0.25, -0.2) is 0 Å². The topological polar surface area (TPSA) is 38.8 Å². The molecule has 2 aromatic rings. The Balaban J connectivity index is 2.01. The zero-order valence-electron chi connectivity index (χ0n) is 14.6. The molecular formula is C20H23NO3. The lowest BCUT2D eigenvalue weighted by molar-refractivity contribution is 0.0700. The predicted molar refractivity (Wildman–Crippen MR) is 93.7 cm³/mol. The molecule has 2 aromatic carbocycles. The number of hydrogen-bond donors (Lipinski definition) is 0. The largest absolute Gasteiger partial charge is 0.493 e. The molecule has 0 saturated carbocycles. The van der Waals surface area contributed by atoms with E-state index in [0.717, 1.165) is 17.7 Å². The fourth-order valence-electron chi connectivity index (χ4n) is 3.41. The van der Waals surface area contributed by atoms with Gasteiger partial charge in [-0.15, -0.1) is 0 Å².